The van der Waals surface area contributed by atoms with E-state index in [9.17, 15) is 4.79 Å². The van der Waals surface area contributed by atoms with Crippen LogP contribution in [0.5, 0.6) is 0 Å². The van der Waals surface area contributed by atoms with E-state index in [1.165, 1.54) is 11.1 Å². The van der Waals surface area contributed by atoms with Gasteiger partial charge in [-0.3, -0.25) is 4.79 Å². The summed E-state index contributed by atoms with van der Waals surface area (Å²) in [7, 11) is 1.99. The number of amides is 1. The molecule has 1 amide bonds. The van der Waals surface area contributed by atoms with E-state index in [4.69, 9.17) is 0 Å². The molecular weight excluding hydrogens is 286 g/mol. The van der Waals surface area contributed by atoms with Crippen LogP contribution in [0.15, 0.2) is 36.4 Å². The number of imidazole rings is 1. The molecule has 0 spiro atoms. The molecule has 0 aliphatic carbocycles. The van der Waals surface area contributed by atoms with Crippen molar-refractivity contribution in [2.75, 3.05) is 11.4 Å². The second kappa shape index (κ2) is 4.95. The molecule has 1 aliphatic rings. The number of anilines is 1. The lowest BCUT2D eigenvalue weighted by molar-refractivity contribution is 0.0989. The molecule has 2 heterocycles. The Bertz CT molecular complexity index is 939. The zero-order valence-electron chi connectivity index (χ0n) is 13.6. The zero-order valence-corrected chi connectivity index (χ0v) is 13.6. The zero-order chi connectivity index (χ0) is 16.1. The van der Waals surface area contributed by atoms with Crippen LogP contribution in [0.1, 0.15) is 27.3 Å². The summed E-state index contributed by atoms with van der Waals surface area (Å²) < 4.78 is 2.04. The number of hydrogen-bond donors (Lipinski definition) is 0. The van der Waals surface area contributed by atoms with Gasteiger partial charge in [0.25, 0.3) is 5.91 Å². The molecule has 0 N–H and O–H groups in total. The Morgan fingerprint density at radius 2 is 1.96 bits per heavy atom. The maximum absolute atomic E-state index is 12.9. The maximum atomic E-state index is 12.9. The normalized spacial score (nSPS) is 13.6. The fourth-order valence-electron chi connectivity index (χ4n) is 3.31. The lowest BCUT2D eigenvalue weighted by Crippen LogP contribution is -2.28. The highest BCUT2D eigenvalue weighted by molar-refractivity contribution is 6.08. The quantitative estimate of drug-likeness (QED) is 0.691. The fourth-order valence-corrected chi connectivity index (χ4v) is 3.31. The average Bonchev–Trinajstić information content (AvgIpc) is 3.07. The number of aromatic nitrogens is 2. The van der Waals surface area contributed by atoms with Crippen molar-refractivity contribution < 1.29 is 4.79 Å². The first kappa shape index (κ1) is 14.0. The third kappa shape index (κ3) is 2.13. The van der Waals surface area contributed by atoms with Crippen LogP contribution in [-0.4, -0.2) is 22.0 Å². The Morgan fingerprint density at radius 1 is 1.13 bits per heavy atom. The SMILES string of the molecule is Cc1ccc2c(c1)N(C(=O)c1ccc3c(c1)nc(C)n3C)CC2. The van der Waals surface area contributed by atoms with Gasteiger partial charge in [-0.15, -0.1) is 0 Å². The second-order valence-corrected chi connectivity index (χ2v) is 6.26. The van der Waals surface area contributed by atoms with Crippen LogP contribution in [-0.2, 0) is 13.5 Å². The van der Waals surface area contributed by atoms with Crippen LogP contribution in [0.4, 0.5) is 5.69 Å². The van der Waals surface area contributed by atoms with E-state index in [-0.39, 0.29) is 5.91 Å². The van der Waals surface area contributed by atoms with Crippen molar-refractivity contribution in [3.8, 4) is 0 Å². The first-order valence-electron chi connectivity index (χ1n) is 7.89. The molecule has 1 aliphatic heterocycles. The number of aryl methyl sites for hydroxylation is 3. The van der Waals surface area contributed by atoms with E-state index >= 15 is 0 Å². The van der Waals surface area contributed by atoms with Gasteiger partial charge in [0.1, 0.15) is 5.82 Å². The van der Waals surface area contributed by atoms with E-state index in [0.29, 0.717) is 5.56 Å². The molecule has 4 heteroatoms. The summed E-state index contributed by atoms with van der Waals surface area (Å²) in [5.41, 5.74) is 6.10. The molecule has 0 saturated carbocycles. The summed E-state index contributed by atoms with van der Waals surface area (Å²) in [6, 6.07) is 12.1. The highest BCUT2D eigenvalue weighted by Gasteiger charge is 2.25. The van der Waals surface area contributed by atoms with Crippen LogP contribution in [0.2, 0.25) is 0 Å². The second-order valence-electron chi connectivity index (χ2n) is 6.26. The van der Waals surface area contributed by atoms with Crippen molar-refractivity contribution in [2.45, 2.75) is 20.3 Å². The predicted octanol–water partition coefficient (Wildman–Crippen LogP) is 3.39. The van der Waals surface area contributed by atoms with Gasteiger partial charge in [-0.05, 0) is 55.7 Å². The van der Waals surface area contributed by atoms with E-state index in [0.717, 1.165) is 35.5 Å². The average molecular weight is 305 g/mol. The van der Waals surface area contributed by atoms with Gasteiger partial charge in [0.2, 0.25) is 0 Å². The van der Waals surface area contributed by atoms with Crippen molar-refractivity contribution in [3.63, 3.8) is 0 Å². The van der Waals surface area contributed by atoms with Gasteiger partial charge in [-0.2, -0.15) is 0 Å². The van der Waals surface area contributed by atoms with Crippen LogP contribution < -0.4 is 4.90 Å². The molecule has 0 unspecified atom stereocenters. The molecule has 0 radical (unpaired) electrons. The smallest absolute Gasteiger partial charge is 0.258 e. The van der Waals surface area contributed by atoms with Gasteiger partial charge in [-0.25, -0.2) is 4.98 Å². The molecule has 0 bridgehead atoms. The van der Waals surface area contributed by atoms with Crippen molar-refractivity contribution in [1.82, 2.24) is 9.55 Å². The van der Waals surface area contributed by atoms with Gasteiger partial charge >= 0.3 is 0 Å². The maximum Gasteiger partial charge on any atom is 0.258 e. The summed E-state index contributed by atoms with van der Waals surface area (Å²) in [5, 5.41) is 0. The van der Waals surface area contributed by atoms with E-state index in [2.05, 4.69) is 30.1 Å². The Balaban J connectivity index is 1.75. The molecular formula is C19H19N3O. The van der Waals surface area contributed by atoms with E-state index in [1.54, 1.807) is 0 Å². The molecule has 1 aromatic heterocycles. The Morgan fingerprint density at radius 3 is 2.78 bits per heavy atom. The lowest BCUT2D eigenvalue weighted by atomic mass is 10.1. The summed E-state index contributed by atoms with van der Waals surface area (Å²) in [6.07, 6.45) is 0.923. The molecule has 0 atom stereocenters. The Labute approximate surface area is 135 Å². The van der Waals surface area contributed by atoms with Gasteiger partial charge in [-0.1, -0.05) is 12.1 Å². The fraction of sp³-hybridized carbons (Fsp3) is 0.263. The van der Waals surface area contributed by atoms with Crippen molar-refractivity contribution in [3.05, 3.63) is 58.9 Å². The summed E-state index contributed by atoms with van der Waals surface area (Å²) >= 11 is 0. The molecule has 23 heavy (non-hydrogen) atoms. The molecule has 0 saturated heterocycles. The topological polar surface area (TPSA) is 38.1 Å². The minimum absolute atomic E-state index is 0.0551. The summed E-state index contributed by atoms with van der Waals surface area (Å²) in [5.74, 6) is 1.01. The van der Waals surface area contributed by atoms with Crippen molar-refractivity contribution in [1.29, 1.82) is 0 Å². The lowest BCUT2D eigenvalue weighted by Gasteiger charge is -2.18. The van der Waals surface area contributed by atoms with Crippen molar-refractivity contribution >= 4 is 22.6 Å². The number of fused-ring (bicyclic) bond motifs is 2. The number of nitrogens with zero attached hydrogens (tertiary/aromatic N) is 3. The first-order valence-corrected chi connectivity index (χ1v) is 7.89. The minimum Gasteiger partial charge on any atom is -0.331 e. The summed E-state index contributed by atoms with van der Waals surface area (Å²) in [4.78, 5) is 19.4. The standard InChI is InChI=1S/C19H19N3O/c1-12-4-5-14-8-9-22(18(14)10-12)19(23)15-6-7-17-16(11-15)20-13(2)21(17)3/h4-7,10-11H,8-9H2,1-3H3. The van der Waals surface area contributed by atoms with Gasteiger partial charge in [0.15, 0.2) is 0 Å². The van der Waals surface area contributed by atoms with Crippen LogP contribution in [0.3, 0.4) is 0 Å². The third-order valence-corrected chi connectivity index (χ3v) is 4.73. The van der Waals surface area contributed by atoms with Crippen LogP contribution in [0, 0.1) is 13.8 Å². The Kier molecular flexibility index (Phi) is 3.01. The highest BCUT2D eigenvalue weighted by Crippen LogP contribution is 2.30. The molecule has 3 aromatic rings. The monoisotopic (exact) mass is 305 g/mol. The number of hydrogen-bond acceptors (Lipinski definition) is 2. The number of benzene rings is 2. The first-order chi connectivity index (χ1) is 11.0. The predicted molar refractivity (Wildman–Crippen MR) is 92.0 cm³/mol. The molecule has 116 valence electrons. The van der Waals surface area contributed by atoms with Gasteiger partial charge in [0.05, 0.1) is 11.0 Å². The van der Waals surface area contributed by atoms with Crippen LogP contribution in [0.25, 0.3) is 11.0 Å². The molecule has 2 aromatic carbocycles. The summed E-state index contributed by atoms with van der Waals surface area (Å²) in [6.45, 7) is 4.78. The number of rotatable bonds is 1. The highest BCUT2D eigenvalue weighted by atomic mass is 16.2. The minimum atomic E-state index is 0.0551. The number of carbonyl (C=O) groups is 1. The third-order valence-electron chi connectivity index (χ3n) is 4.73. The Hall–Kier alpha value is -2.62. The van der Waals surface area contributed by atoms with E-state index < -0.39 is 0 Å². The van der Waals surface area contributed by atoms with Gasteiger partial charge < -0.3 is 9.47 Å². The molecule has 0 fully saturated rings. The largest absolute Gasteiger partial charge is 0.331 e. The van der Waals surface area contributed by atoms with E-state index in [1.807, 2.05) is 41.6 Å². The van der Waals surface area contributed by atoms with Crippen LogP contribution >= 0.6 is 0 Å². The number of carbonyl (C=O) groups excluding carboxylic acids is 1. The van der Waals surface area contributed by atoms with Gasteiger partial charge in [0, 0.05) is 24.8 Å². The van der Waals surface area contributed by atoms with Crippen molar-refractivity contribution in [2.24, 2.45) is 7.05 Å². The molecule has 4 nitrogen and oxygen atoms in total. The molecule has 4 rings (SSSR count).